The van der Waals surface area contributed by atoms with Crippen molar-refractivity contribution in [2.75, 3.05) is 29.9 Å². The Morgan fingerprint density at radius 2 is 1.85 bits per heavy atom. The Balaban J connectivity index is 1.40. The number of nitrogens with zero attached hydrogens (tertiary/aromatic N) is 2. The van der Waals surface area contributed by atoms with Crippen LogP contribution in [-0.4, -0.2) is 29.6 Å². The summed E-state index contributed by atoms with van der Waals surface area (Å²) < 4.78 is 0. The van der Waals surface area contributed by atoms with E-state index >= 15 is 0 Å². The van der Waals surface area contributed by atoms with Gasteiger partial charge in [0.25, 0.3) is 5.56 Å². The van der Waals surface area contributed by atoms with Gasteiger partial charge in [-0.05, 0) is 56.6 Å². The first-order chi connectivity index (χ1) is 12.8. The molecule has 1 aliphatic carbocycles. The average molecular weight is 350 g/mol. The van der Waals surface area contributed by atoms with Gasteiger partial charge in [-0.3, -0.25) is 9.78 Å². The Hall–Kier alpha value is -2.30. The summed E-state index contributed by atoms with van der Waals surface area (Å²) in [7, 11) is 0. The van der Waals surface area contributed by atoms with Gasteiger partial charge in [-0.2, -0.15) is 0 Å². The molecule has 0 radical (unpaired) electrons. The minimum Gasteiger partial charge on any atom is -0.385 e. The highest BCUT2D eigenvalue weighted by Gasteiger charge is 2.39. The van der Waals surface area contributed by atoms with Crippen LogP contribution in [0.5, 0.6) is 0 Å². The van der Waals surface area contributed by atoms with Gasteiger partial charge in [0.15, 0.2) is 0 Å². The molecular weight excluding hydrogens is 324 g/mol. The molecule has 2 N–H and O–H groups in total. The molecule has 0 bridgehead atoms. The summed E-state index contributed by atoms with van der Waals surface area (Å²) in [5.41, 5.74) is 5.07. The summed E-state index contributed by atoms with van der Waals surface area (Å²) in [6.45, 7) is 2.96. The first-order valence-corrected chi connectivity index (χ1v) is 9.96. The van der Waals surface area contributed by atoms with E-state index in [1.807, 2.05) is 0 Å². The van der Waals surface area contributed by atoms with Crippen LogP contribution in [0.3, 0.4) is 0 Å². The molecule has 1 aromatic heterocycles. The number of H-pyrrole nitrogens is 1. The number of aryl methyl sites for hydroxylation is 1. The maximum absolute atomic E-state index is 12.5. The van der Waals surface area contributed by atoms with Crippen LogP contribution in [-0.2, 0) is 18.3 Å². The largest absolute Gasteiger partial charge is 0.385 e. The third kappa shape index (κ3) is 2.52. The molecule has 1 saturated heterocycles. The quantitative estimate of drug-likeness (QED) is 0.830. The van der Waals surface area contributed by atoms with E-state index in [-0.39, 0.29) is 11.0 Å². The van der Waals surface area contributed by atoms with Crippen LogP contribution in [0.15, 0.2) is 29.1 Å². The number of hydrogen-bond donors (Lipinski definition) is 2. The normalized spacial score (nSPS) is 21.0. The highest BCUT2D eigenvalue weighted by Crippen LogP contribution is 2.44. The predicted molar refractivity (Wildman–Crippen MR) is 104 cm³/mol. The van der Waals surface area contributed by atoms with Gasteiger partial charge in [0.2, 0.25) is 5.95 Å². The SMILES string of the molecule is O=c1[nH]c(N2CCC3(CCNc4ccccc43)CC2)nc2c1CCCC2. The molecule has 0 saturated carbocycles. The molecule has 136 valence electrons. The molecule has 26 heavy (non-hydrogen) atoms. The highest BCUT2D eigenvalue weighted by atomic mass is 16.1. The zero-order valence-corrected chi connectivity index (χ0v) is 15.2. The fraction of sp³-hybridized carbons (Fsp3) is 0.524. The molecule has 5 nitrogen and oxygen atoms in total. The van der Waals surface area contributed by atoms with Crippen LogP contribution in [0, 0.1) is 0 Å². The molecule has 2 aromatic rings. The zero-order chi connectivity index (χ0) is 17.6. The van der Waals surface area contributed by atoms with Gasteiger partial charge in [0.1, 0.15) is 0 Å². The molecule has 2 aliphatic heterocycles. The molecule has 0 unspecified atom stereocenters. The number of fused-ring (bicyclic) bond motifs is 3. The Morgan fingerprint density at radius 1 is 1.04 bits per heavy atom. The van der Waals surface area contributed by atoms with Crippen molar-refractivity contribution < 1.29 is 0 Å². The number of aromatic nitrogens is 2. The number of piperidine rings is 1. The molecule has 0 amide bonds. The summed E-state index contributed by atoms with van der Waals surface area (Å²) in [5, 5.41) is 3.55. The monoisotopic (exact) mass is 350 g/mol. The summed E-state index contributed by atoms with van der Waals surface area (Å²) in [6.07, 6.45) is 7.51. The average Bonchev–Trinajstić information content (AvgIpc) is 2.69. The van der Waals surface area contributed by atoms with E-state index in [0.717, 1.165) is 75.4 Å². The first kappa shape index (κ1) is 15.9. The molecule has 3 aliphatic rings. The van der Waals surface area contributed by atoms with E-state index in [1.165, 1.54) is 17.7 Å². The second-order valence-electron chi connectivity index (χ2n) is 8.01. The highest BCUT2D eigenvalue weighted by molar-refractivity contribution is 5.57. The standard InChI is InChI=1S/C21H26N4O/c26-19-15-5-1-3-7-17(15)23-20(24-19)25-13-10-21(11-14-25)9-12-22-18-8-4-2-6-16(18)21/h2,4,6,8,22H,1,3,5,7,9-14H2,(H,23,24,26). The lowest BCUT2D eigenvalue weighted by atomic mass is 9.68. The van der Waals surface area contributed by atoms with E-state index in [0.29, 0.717) is 0 Å². The van der Waals surface area contributed by atoms with Crippen LogP contribution in [0.1, 0.15) is 48.9 Å². The van der Waals surface area contributed by atoms with Crippen molar-refractivity contribution in [3.05, 3.63) is 51.4 Å². The zero-order valence-electron chi connectivity index (χ0n) is 15.2. The van der Waals surface area contributed by atoms with Crippen LogP contribution in [0.2, 0.25) is 0 Å². The van der Waals surface area contributed by atoms with Gasteiger partial charge in [0.05, 0.1) is 5.69 Å². The molecule has 0 atom stereocenters. The predicted octanol–water partition coefficient (Wildman–Crippen LogP) is 3.00. The van der Waals surface area contributed by atoms with Crippen LogP contribution >= 0.6 is 0 Å². The second kappa shape index (κ2) is 6.15. The van der Waals surface area contributed by atoms with Crippen molar-refractivity contribution in [1.82, 2.24) is 9.97 Å². The summed E-state index contributed by atoms with van der Waals surface area (Å²) in [5.74, 6) is 0.785. The molecule has 3 heterocycles. The number of hydrogen-bond acceptors (Lipinski definition) is 4. The number of anilines is 2. The minimum absolute atomic E-state index is 0.0807. The van der Waals surface area contributed by atoms with Crippen molar-refractivity contribution in [2.24, 2.45) is 0 Å². The molecule has 5 heteroatoms. The molecular formula is C21H26N4O. The number of benzene rings is 1. The molecule has 5 rings (SSSR count). The van der Waals surface area contributed by atoms with Crippen LogP contribution in [0.25, 0.3) is 0 Å². The van der Waals surface area contributed by atoms with E-state index in [4.69, 9.17) is 4.98 Å². The number of rotatable bonds is 1. The topological polar surface area (TPSA) is 61.0 Å². The van der Waals surface area contributed by atoms with E-state index < -0.39 is 0 Å². The van der Waals surface area contributed by atoms with Gasteiger partial charge < -0.3 is 10.2 Å². The summed E-state index contributed by atoms with van der Waals surface area (Å²) in [6, 6.07) is 8.76. The Bertz CT molecular complexity index is 880. The second-order valence-corrected chi connectivity index (χ2v) is 8.01. The molecule has 1 aromatic carbocycles. The van der Waals surface area contributed by atoms with Crippen molar-refractivity contribution in [3.8, 4) is 0 Å². The summed E-state index contributed by atoms with van der Waals surface area (Å²) >= 11 is 0. The Morgan fingerprint density at radius 3 is 2.73 bits per heavy atom. The van der Waals surface area contributed by atoms with Crippen molar-refractivity contribution in [2.45, 2.75) is 50.4 Å². The van der Waals surface area contributed by atoms with Crippen LogP contribution < -0.4 is 15.8 Å². The third-order valence-electron chi connectivity index (χ3n) is 6.62. The fourth-order valence-corrected chi connectivity index (χ4v) is 5.08. The molecule has 1 fully saturated rings. The van der Waals surface area contributed by atoms with Crippen molar-refractivity contribution in [3.63, 3.8) is 0 Å². The number of nitrogens with one attached hydrogen (secondary N) is 2. The summed E-state index contributed by atoms with van der Waals surface area (Å²) in [4.78, 5) is 22.6. The van der Waals surface area contributed by atoms with Gasteiger partial charge in [0, 0.05) is 36.3 Å². The Kier molecular flexibility index (Phi) is 3.76. The lowest BCUT2D eigenvalue weighted by Gasteiger charge is -2.45. The van der Waals surface area contributed by atoms with Gasteiger partial charge in [-0.25, -0.2) is 4.98 Å². The maximum atomic E-state index is 12.5. The van der Waals surface area contributed by atoms with Crippen molar-refractivity contribution in [1.29, 1.82) is 0 Å². The minimum atomic E-state index is 0.0807. The maximum Gasteiger partial charge on any atom is 0.255 e. The van der Waals surface area contributed by atoms with Crippen LogP contribution in [0.4, 0.5) is 11.6 Å². The Labute approximate surface area is 153 Å². The van der Waals surface area contributed by atoms with Gasteiger partial charge in [-0.15, -0.1) is 0 Å². The lowest BCUT2D eigenvalue weighted by molar-refractivity contribution is 0.308. The van der Waals surface area contributed by atoms with E-state index in [2.05, 4.69) is 39.5 Å². The number of aromatic amines is 1. The van der Waals surface area contributed by atoms with Crippen molar-refractivity contribution >= 4 is 11.6 Å². The fourth-order valence-electron chi connectivity index (χ4n) is 5.08. The first-order valence-electron chi connectivity index (χ1n) is 9.96. The molecule has 1 spiro atoms. The number of para-hydroxylation sites is 1. The van der Waals surface area contributed by atoms with E-state index in [9.17, 15) is 4.79 Å². The van der Waals surface area contributed by atoms with E-state index in [1.54, 1.807) is 0 Å². The third-order valence-corrected chi connectivity index (χ3v) is 6.62. The van der Waals surface area contributed by atoms with Gasteiger partial charge in [-0.1, -0.05) is 18.2 Å². The smallest absolute Gasteiger partial charge is 0.255 e. The lowest BCUT2D eigenvalue weighted by Crippen LogP contribution is -2.46. The van der Waals surface area contributed by atoms with Gasteiger partial charge >= 0.3 is 0 Å².